The Kier molecular flexibility index (Phi) is 19.7. The van der Waals surface area contributed by atoms with E-state index in [9.17, 15) is 9.18 Å². The normalized spacial score (nSPS) is 10.6. The topological polar surface area (TPSA) is 29.4 Å². The minimum Gasteiger partial charge on any atom is -0.251 e. The van der Waals surface area contributed by atoms with Crippen LogP contribution in [0.15, 0.2) is 4.99 Å². The Bertz CT molecular complexity index is 252. The SMILES string of the molecule is O=C=NCCCCCCCCCCCCCCCCCCF. The number of rotatable bonds is 18. The Hall–Kier alpha value is -0.690. The standard InChI is InChI=1S/C19H36FNO/c20-17-15-13-11-9-7-5-3-1-2-4-6-8-10-12-14-16-18-21-19-22/h1-18H2. The van der Waals surface area contributed by atoms with Gasteiger partial charge in [0, 0.05) is 0 Å². The van der Waals surface area contributed by atoms with E-state index >= 15 is 0 Å². The molecule has 0 aromatic heterocycles. The molecule has 0 saturated heterocycles. The summed E-state index contributed by atoms with van der Waals surface area (Å²) in [7, 11) is 0. The van der Waals surface area contributed by atoms with Crippen molar-refractivity contribution in [1.29, 1.82) is 0 Å². The first-order chi connectivity index (χ1) is 10.9. The molecule has 0 N–H and O–H groups in total. The van der Waals surface area contributed by atoms with E-state index in [0.717, 1.165) is 19.3 Å². The first kappa shape index (κ1) is 21.3. The molecule has 0 heterocycles. The fourth-order valence-electron chi connectivity index (χ4n) is 2.81. The van der Waals surface area contributed by atoms with E-state index < -0.39 is 0 Å². The van der Waals surface area contributed by atoms with Crippen molar-refractivity contribution in [3.8, 4) is 0 Å². The summed E-state index contributed by atoms with van der Waals surface area (Å²) in [5.41, 5.74) is 0. The van der Waals surface area contributed by atoms with Crippen molar-refractivity contribution < 1.29 is 9.18 Å². The van der Waals surface area contributed by atoms with Crippen LogP contribution in [0.1, 0.15) is 103 Å². The Labute approximate surface area is 137 Å². The average molecular weight is 314 g/mol. The maximum atomic E-state index is 11.9. The van der Waals surface area contributed by atoms with Crippen LogP contribution in [0.25, 0.3) is 0 Å². The first-order valence-corrected chi connectivity index (χ1v) is 9.51. The van der Waals surface area contributed by atoms with Crippen LogP contribution in [-0.2, 0) is 4.79 Å². The predicted octanol–water partition coefficient (Wildman–Crippen LogP) is 6.53. The molecule has 0 bridgehead atoms. The largest absolute Gasteiger partial charge is 0.251 e. The van der Waals surface area contributed by atoms with Crippen LogP contribution in [0.3, 0.4) is 0 Å². The molecule has 0 fully saturated rings. The van der Waals surface area contributed by atoms with Gasteiger partial charge in [-0.1, -0.05) is 89.9 Å². The maximum Gasteiger partial charge on any atom is 0.234 e. The number of alkyl halides is 1. The summed E-state index contributed by atoms with van der Waals surface area (Å²) in [5, 5.41) is 0. The van der Waals surface area contributed by atoms with Gasteiger partial charge in [-0.2, -0.15) is 0 Å². The lowest BCUT2D eigenvalue weighted by Crippen LogP contribution is -1.85. The summed E-state index contributed by atoms with van der Waals surface area (Å²) in [6.07, 6.45) is 21.7. The van der Waals surface area contributed by atoms with Gasteiger partial charge < -0.3 is 0 Å². The van der Waals surface area contributed by atoms with Gasteiger partial charge in [-0.15, -0.1) is 0 Å². The Morgan fingerprint density at radius 2 is 0.864 bits per heavy atom. The molecule has 0 aliphatic rings. The molecule has 0 aliphatic heterocycles. The average Bonchev–Trinajstić information content (AvgIpc) is 2.54. The maximum absolute atomic E-state index is 11.9. The van der Waals surface area contributed by atoms with Crippen LogP contribution in [-0.4, -0.2) is 19.3 Å². The number of carbonyl (C=O) groups excluding carboxylic acids is 1. The summed E-state index contributed by atoms with van der Waals surface area (Å²) in [4.78, 5) is 13.4. The summed E-state index contributed by atoms with van der Waals surface area (Å²) in [6.45, 7) is 0.508. The first-order valence-electron chi connectivity index (χ1n) is 9.51. The Morgan fingerprint density at radius 3 is 1.18 bits per heavy atom. The lowest BCUT2D eigenvalue weighted by molar-refractivity contribution is 0.448. The number of aliphatic imine (C=N–C) groups is 1. The van der Waals surface area contributed by atoms with Gasteiger partial charge in [-0.05, 0) is 12.8 Å². The molecule has 0 spiro atoms. The molecule has 0 amide bonds. The van der Waals surface area contributed by atoms with Crippen LogP contribution in [0.2, 0.25) is 0 Å². The number of hydrogen-bond donors (Lipinski definition) is 0. The van der Waals surface area contributed by atoms with Crippen molar-refractivity contribution in [2.75, 3.05) is 13.2 Å². The molecule has 0 aromatic carbocycles. The van der Waals surface area contributed by atoms with Crippen LogP contribution in [0.4, 0.5) is 4.39 Å². The molecule has 0 rings (SSSR count). The van der Waals surface area contributed by atoms with Crippen molar-refractivity contribution in [1.82, 2.24) is 0 Å². The molecule has 0 radical (unpaired) electrons. The molecule has 0 atom stereocenters. The van der Waals surface area contributed by atoms with Crippen LogP contribution >= 0.6 is 0 Å². The second-order valence-corrected chi connectivity index (χ2v) is 6.32. The minimum atomic E-state index is -0.144. The highest BCUT2D eigenvalue weighted by molar-refractivity contribution is 5.32. The molecule has 22 heavy (non-hydrogen) atoms. The van der Waals surface area contributed by atoms with Gasteiger partial charge in [-0.25, -0.2) is 9.79 Å². The van der Waals surface area contributed by atoms with E-state index in [4.69, 9.17) is 0 Å². The molecule has 130 valence electrons. The van der Waals surface area contributed by atoms with Gasteiger partial charge in [0.2, 0.25) is 6.08 Å². The number of hydrogen-bond acceptors (Lipinski definition) is 2. The highest BCUT2D eigenvalue weighted by Crippen LogP contribution is 2.13. The highest BCUT2D eigenvalue weighted by Gasteiger charge is 1.94. The molecule has 0 saturated carbocycles. The lowest BCUT2D eigenvalue weighted by Gasteiger charge is -2.03. The van der Waals surface area contributed by atoms with Crippen LogP contribution < -0.4 is 0 Å². The molecule has 3 heteroatoms. The van der Waals surface area contributed by atoms with E-state index in [0.29, 0.717) is 6.54 Å². The second-order valence-electron chi connectivity index (χ2n) is 6.32. The van der Waals surface area contributed by atoms with Crippen molar-refractivity contribution in [3.63, 3.8) is 0 Å². The summed E-state index contributed by atoms with van der Waals surface area (Å²) >= 11 is 0. The van der Waals surface area contributed by atoms with Crippen molar-refractivity contribution in [2.45, 2.75) is 103 Å². The van der Waals surface area contributed by atoms with Gasteiger partial charge >= 0.3 is 0 Å². The van der Waals surface area contributed by atoms with Gasteiger partial charge in [0.25, 0.3) is 0 Å². The van der Waals surface area contributed by atoms with Gasteiger partial charge in [0.1, 0.15) is 0 Å². The number of isocyanates is 1. The summed E-state index contributed by atoms with van der Waals surface area (Å²) in [6, 6.07) is 0. The zero-order valence-corrected chi connectivity index (χ0v) is 14.5. The third-order valence-electron chi connectivity index (χ3n) is 4.22. The zero-order chi connectivity index (χ0) is 16.1. The smallest absolute Gasteiger partial charge is 0.234 e. The number of halogens is 1. The third kappa shape index (κ3) is 19.3. The zero-order valence-electron chi connectivity index (χ0n) is 14.5. The fraction of sp³-hybridized carbons (Fsp3) is 0.947. The van der Waals surface area contributed by atoms with Crippen molar-refractivity contribution in [2.24, 2.45) is 4.99 Å². The van der Waals surface area contributed by atoms with E-state index in [1.807, 2.05) is 0 Å². The molecular formula is C19H36FNO. The summed E-state index contributed by atoms with van der Waals surface area (Å²) < 4.78 is 11.9. The van der Waals surface area contributed by atoms with Crippen LogP contribution in [0, 0.1) is 0 Å². The second kappa shape index (κ2) is 20.3. The Balaban J connectivity index is 2.95. The quantitative estimate of drug-likeness (QED) is 0.161. The fourth-order valence-corrected chi connectivity index (χ4v) is 2.81. The molecule has 0 unspecified atom stereocenters. The Morgan fingerprint density at radius 1 is 0.545 bits per heavy atom. The van der Waals surface area contributed by atoms with Crippen molar-refractivity contribution >= 4 is 6.08 Å². The minimum absolute atomic E-state index is 0.144. The molecule has 0 aromatic rings. The molecular weight excluding hydrogens is 277 g/mol. The number of unbranched alkanes of at least 4 members (excludes halogenated alkanes) is 15. The van der Waals surface area contributed by atoms with E-state index in [1.165, 1.54) is 83.5 Å². The van der Waals surface area contributed by atoms with Gasteiger partial charge in [-0.3, -0.25) is 4.39 Å². The molecule has 0 aliphatic carbocycles. The van der Waals surface area contributed by atoms with Crippen molar-refractivity contribution in [3.05, 3.63) is 0 Å². The van der Waals surface area contributed by atoms with E-state index in [1.54, 1.807) is 6.08 Å². The molecule has 2 nitrogen and oxygen atoms in total. The lowest BCUT2D eigenvalue weighted by atomic mass is 10.0. The van der Waals surface area contributed by atoms with E-state index in [2.05, 4.69) is 4.99 Å². The van der Waals surface area contributed by atoms with Crippen LogP contribution in [0.5, 0.6) is 0 Å². The third-order valence-corrected chi connectivity index (χ3v) is 4.22. The number of nitrogens with zero attached hydrogens (tertiary/aromatic N) is 1. The predicted molar refractivity (Wildman–Crippen MR) is 92.8 cm³/mol. The van der Waals surface area contributed by atoms with Gasteiger partial charge in [0.15, 0.2) is 0 Å². The summed E-state index contributed by atoms with van der Waals surface area (Å²) in [5.74, 6) is 0. The monoisotopic (exact) mass is 313 g/mol. The van der Waals surface area contributed by atoms with E-state index in [-0.39, 0.29) is 6.67 Å². The van der Waals surface area contributed by atoms with Gasteiger partial charge in [0.05, 0.1) is 13.2 Å². The highest BCUT2D eigenvalue weighted by atomic mass is 19.1.